The molecule has 1 aromatic heterocycles. The minimum atomic E-state index is -1.19. The first-order valence-electron chi connectivity index (χ1n) is 10.4. The number of amides is 2. The molecule has 0 saturated carbocycles. The number of pyridine rings is 1. The second-order valence-electron chi connectivity index (χ2n) is 7.76. The predicted octanol–water partition coefficient (Wildman–Crippen LogP) is 2.63. The summed E-state index contributed by atoms with van der Waals surface area (Å²) in [7, 11) is 1.53. The van der Waals surface area contributed by atoms with E-state index in [1.54, 1.807) is 6.07 Å². The van der Waals surface area contributed by atoms with Crippen LogP contribution in [0.25, 0.3) is 0 Å². The molecule has 2 heterocycles. The van der Waals surface area contributed by atoms with Crippen LogP contribution in [-0.2, 0) is 6.42 Å². The zero-order valence-electron chi connectivity index (χ0n) is 17.3. The van der Waals surface area contributed by atoms with E-state index in [-0.39, 0.29) is 17.5 Å². The number of carbonyl (C=O) groups is 2. The first-order chi connectivity index (χ1) is 14.5. The number of piperidine rings is 1. The molecule has 3 rings (SSSR count). The molecule has 6 nitrogen and oxygen atoms in total. The van der Waals surface area contributed by atoms with Crippen molar-refractivity contribution in [1.82, 2.24) is 20.9 Å². The van der Waals surface area contributed by atoms with Gasteiger partial charge in [-0.1, -0.05) is 30.3 Å². The van der Waals surface area contributed by atoms with E-state index < -0.39 is 5.67 Å². The van der Waals surface area contributed by atoms with Crippen LogP contribution in [0.15, 0.2) is 42.5 Å². The topological polar surface area (TPSA) is 83.1 Å². The molecular formula is C23H29FN4O2. The summed E-state index contributed by atoms with van der Waals surface area (Å²) < 4.78 is 14.6. The summed E-state index contributed by atoms with van der Waals surface area (Å²) in [6.45, 7) is 1.63. The summed E-state index contributed by atoms with van der Waals surface area (Å²) in [5.41, 5.74) is 1.08. The molecule has 2 aromatic rings. The summed E-state index contributed by atoms with van der Waals surface area (Å²) in [6.07, 6.45) is 2.90. The molecule has 3 N–H and O–H groups in total. The van der Waals surface area contributed by atoms with Gasteiger partial charge < -0.3 is 16.0 Å². The molecule has 2 amide bonds. The van der Waals surface area contributed by atoms with E-state index >= 15 is 0 Å². The van der Waals surface area contributed by atoms with Gasteiger partial charge in [-0.3, -0.25) is 9.59 Å². The van der Waals surface area contributed by atoms with E-state index in [0.717, 1.165) is 18.5 Å². The Labute approximate surface area is 176 Å². The zero-order chi connectivity index (χ0) is 21.4. The monoisotopic (exact) mass is 412 g/mol. The maximum Gasteiger partial charge on any atom is 0.269 e. The van der Waals surface area contributed by atoms with Crippen LogP contribution in [0.2, 0.25) is 0 Å². The Bertz CT molecular complexity index is 867. The molecule has 1 aliphatic rings. The summed E-state index contributed by atoms with van der Waals surface area (Å²) in [4.78, 5) is 29.2. The number of hydrogen-bond donors (Lipinski definition) is 3. The van der Waals surface area contributed by atoms with Crippen LogP contribution in [0.4, 0.5) is 4.39 Å². The molecule has 1 aliphatic heterocycles. The van der Waals surface area contributed by atoms with Crippen molar-refractivity contribution < 1.29 is 14.0 Å². The van der Waals surface area contributed by atoms with Crippen molar-refractivity contribution in [2.45, 2.75) is 37.8 Å². The zero-order valence-corrected chi connectivity index (χ0v) is 17.3. The van der Waals surface area contributed by atoms with E-state index in [1.165, 1.54) is 13.1 Å². The lowest BCUT2D eigenvalue weighted by molar-refractivity contribution is 0.0929. The van der Waals surface area contributed by atoms with Crippen LogP contribution in [-0.4, -0.2) is 49.1 Å². The second kappa shape index (κ2) is 10.3. The van der Waals surface area contributed by atoms with E-state index in [4.69, 9.17) is 0 Å². The van der Waals surface area contributed by atoms with Crippen LogP contribution in [0.5, 0.6) is 0 Å². The lowest BCUT2D eigenvalue weighted by Crippen LogP contribution is -2.42. The van der Waals surface area contributed by atoms with Gasteiger partial charge in [0, 0.05) is 37.8 Å². The number of alkyl halides is 1. The maximum absolute atomic E-state index is 14.6. The SMILES string of the molecule is CNC(=O)c1cc(C(=O)NCCCC2(F)CCCNC2)cc(Cc2ccccc2)n1. The van der Waals surface area contributed by atoms with Gasteiger partial charge in [0.25, 0.3) is 11.8 Å². The number of aromatic nitrogens is 1. The maximum atomic E-state index is 14.6. The Morgan fingerprint density at radius 3 is 2.70 bits per heavy atom. The van der Waals surface area contributed by atoms with Crippen molar-refractivity contribution in [3.05, 3.63) is 65.0 Å². The minimum absolute atomic E-state index is 0.201. The Balaban J connectivity index is 1.64. The molecule has 1 unspecified atom stereocenters. The van der Waals surface area contributed by atoms with Crippen LogP contribution in [0, 0.1) is 0 Å². The average Bonchev–Trinajstić information content (AvgIpc) is 2.77. The van der Waals surface area contributed by atoms with Gasteiger partial charge in [-0.15, -0.1) is 0 Å². The fraction of sp³-hybridized carbons (Fsp3) is 0.435. The van der Waals surface area contributed by atoms with E-state index in [0.29, 0.717) is 50.0 Å². The molecule has 1 aromatic carbocycles. The van der Waals surface area contributed by atoms with E-state index in [9.17, 15) is 14.0 Å². The first-order valence-corrected chi connectivity index (χ1v) is 10.4. The van der Waals surface area contributed by atoms with Gasteiger partial charge >= 0.3 is 0 Å². The quantitative estimate of drug-likeness (QED) is 0.582. The summed E-state index contributed by atoms with van der Waals surface area (Å²) in [6, 6.07) is 12.9. The van der Waals surface area contributed by atoms with Crippen LogP contribution in [0.1, 0.15) is 57.8 Å². The van der Waals surface area contributed by atoms with Gasteiger partial charge in [0.05, 0.1) is 0 Å². The smallest absolute Gasteiger partial charge is 0.269 e. The summed E-state index contributed by atoms with van der Waals surface area (Å²) in [5, 5.41) is 8.49. The highest BCUT2D eigenvalue weighted by Gasteiger charge is 2.30. The lowest BCUT2D eigenvalue weighted by atomic mass is 9.91. The van der Waals surface area contributed by atoms with Crippen molar-refractivity contribution in [1.29, 1.82) is 0 Å². The van der Waals surface area contributed by atoms with Gasteiger partial charge in [0.2, 0.25) is 0 Å². The molecule has 0 spiro atoms. The van der Waals surface area contributed by atoms with Gasteiger partial charge in [-0.05, 0) is 49.9 Å². The number of benzene rings is 1. The van der Waals surface area contributed by atoms with Gasteiger partial charge in [-0.25, -0.2) is 9.37 Å². The first kappa shape index (κ1) is 21.9. The number of nitrogens with one attached hydrogen (secondary N) is 3. The highest BCUT2D eigenvalue weighted by molar-refractivity contribution is 5.98. The van der Waals surface area contributed by atoms with Gasteiger partial charge in [0.1, 0.15) is 11.4 Å². The normalized spacial score (nSPS) is 18.6. The number of nitrogens with zero attached hydrogens (tertiary/aromatic N) is 1. The largest absolute Gasteiger partial charge is 0.354 e. The van der Waals surface area contributed by atoms with E-state index in [2.05, 4.69) is 20.9 Å². The van der Waals surface area contributed by atoms with Crippen LogP contribution >= 0.6 is 0 Å². The molecule has 7 heteroatoms. The molecule has 0 radical (unpaired) electrons. The second-order valence-corrected chi connectivity index (χ2v) is 7.76. The average molecular weight is 413 g/mol. The number of halogens is 1. The Kier molecular flexibility index (Phi) is 7.52. The fourth-order valence-electron chi connectivity index (χ4n) is 3.71. The Morgan fingerprint density at radius 2 is 2.00 bits per heavy atom. The third kappa shape index (κ3) is 6.10. The number of rotatable bonds is 8. The fourth-order valence-corrected chi connectivity index (χ4v) is 3.71. The highest BCUT2D eigenvalue weighted by atomic mass is 19.1. The Morgan fingerprint density at radius 1 is 1.20 bits per heavy atom. The van der Waals surface area contributed by atoms with Crippen molar-refractivity contribution >= 4 is 11.8 Å². The molecular weight excluding hydrogens is 383 g/mol. The van der Waals surface area contributed by atoms with Gasteiger partial charge in [-0.2, -0.15) is 0 Å². The molecule has 30 heavy (non-hydrogen) atoms. The van der Waals surface area contributed by atoms with Crippen LogP contribution in [0.3, 0.4) is 0 Å². The van der Waals surface area contributed by atoms with Crippen molar-refractivity contribution in [3.63, 3.8) is 0 Å². The Hall–Kier alpha value is -2.80. The van der Waals surface area contributed by atoms with Gasteiger partial charge in [0.15, 0.2) is 0 Å². The summed E-state index contributed by atoms with van der Waals surface area (Å²) in [5.74, 6) is -0.630. The lowest BCUT2D eigenvalue weighted by Gasteiger charge is -2.30. The van der Waals surface area contributed by atoms with Crippen LogP contribution < -0.4 is 16.0 Å². The third-order valence-electron chi connectivity index (χ3n) is 5.34. The van der Waals surface area contributed by atoms with Crippen molar-refractivity contribution in [2.24, 2.45) is 0 Å². The van der Waals surface area contributed by atoms with E-state index in [1.807, 2.05) is 30.3 Å². The predicted molar refractivity (Wildman–Crippen MR) is 114 cm³/mol. The molecule has 1 fully saturated rings. The molecule has 160 valence electrons. The number of hydrogen-bond acceptors (Lipinski definition) is 4. The molecule has 0 aliphatic carbocycles. The minimum Gasteiger partial charge on any atom is -0.354 e. The highest BCUT2D eigenvalue weighted by Crippen LogP contribution is 2.25. The molecule has 1 atom stereocenters. The molecule has 1 saturated heterocycles. The standard InChI is InChI=1S/C23H29FN4O2/c1-25-22(30)20-15-18(14-19(28-20)13-17-7-3-2-4-8-17)21(29)27-12-6-10-23(24)9-5-11-26-16-23/h2-4,7-8,14-15,26H,5-6,9-13,16H2,1H3,(H,25,30)(H,27,29). The third-order valence-corrected chi connectivity index (χ3v) is 5.34. The van der Waals surface area contributed by atoms with Crippen molar-refractivity contribution in [2.75, 3.05) is 26.7 Å². The number of carbonyl (C=O) groups excluding carboxylic acids is 2. The molecule has 0 bridgehead atoms. The summed E-state index contributed by atoms with van der Waals surface area (Å²) >= 11 is 0. The van der Waals surface area contributed by atoms with Crippen molar-refractivity contribution in [3.8, 4) is 0 Å².